The van der Waals surface area contributed by atoms with E-state index in [2.05, 4.69) is 81.5 Å². The van der Waals surface area contributed by atoms with Gasteiger partial charge in [0.05, 0.1) is 0 Å². The molecule has 0 amide bonds. The molecule has 0 radical (unpaired) electrons. The normalized spacial score (nSPS) is 12.5. The van der Waals surface area contributed by atoms with Crippen molar-refractivity contribution in [2.24, 2.45) is 0 Å². The van der Waals surface area contributed by atoms with Crippen LogP contribution in [0.2, 0.25) is 0 Å². The van der Waals surface area contributed by atoms with Crippen molar-refractivity contribution in [3.63, 3.8) is 0 Å². The van der Waals surface area contributed by atoms with E-state index in [1.165, 1.54) is 96.3 Å². The molecule has 0 heterocycles. The van der Waals surface area contributed by atoms with E-state index in [9.17, 15) is 14.4 Å². The first-order valence-electron chi connectivity index (χ1n) is 24.8. The summed E-state index contributed by atoms with van der Waals surface area (Å²) < 4.78 is 16.7. The van der Waals surface area contributed by atoms with Gasteiger partial charge in [0, 0.05) is 19.3 Å². The van der Waals surface area contributed by atoms with Crippen molar-refractivity contribution in [3.05, 3.63) is 60.8 Å². The Hall–Kier alpha value is -2.89. The van der Waals surface area contributed by atoms with Crippen LogP contribution in [-0.2, 0) is 28.6 Å². The molecule has 0 saturated heterocycles. The van der Waals surface area contributed by atoms with Crippen LogP contribution in [0.4, 0.5) is 0 Å². The van der Waals surface area contributed by atoms with Gasteiger partial charge >= 0.3 is 17.9 Å². The number of ether oxygens (including phenoxy) is 3. The molecule has 0 aliphatic carbocycles. The van der Waals surface area contributed by atoms with E-state index in [1.54, 1.807) is 0 Å². The minimum absolute atomic E-state index is 0.0808. The van der Waals surface area contributed by atoms with Crippen LogP contribution >= 0.6 is 0 Å². The van der Waals surface area contributed by atoms with Crippen LogP contribution < -0.4 is 0 Å². The van der Waals surface area contributed by atoms with Crippen molar-refractivity contribution < 1.29 is 28.6 Å². The maximum Gasteiger partial charge on any atom is 0.306 e. The van der Waals surface area contributed by atoms with Crippen LogP contribution in [0.25, 0.3) is 0 Å². The minimum Gasteiger partial charge on any atom is -0.462 e. The molecule has 0 aromatic carbocycles. The summed E-state index contributed by atoms with van der Waals surface area (Å²) in [5, 5.41) is 0. The van der Waals surface area contributed by atoms with Gasteiger partial charge < -0.3 is 14.2 Å². The van der Waals surface area contributed by atoms with Crippen LogP contribution in [0.15, 0.2) is 60.8 Å². The Kier molecular flexibility index (Phi) is 45.4. The van der Waals surface area contributed by atoms with Crippen LogP contribution in [0.1, 0.15) is 239 Å². The highest BCUT2D eigenvalue weighted by Crippen LogP contribution is 2.14. The van der Waals surface area contributed by atoms with E-state index in [4.69, 9.17) is 14.2 Å². The summed E-state index contributed by atoms with van der Waals surface area (Å²) in [4.78, 5) is 37.8. The van der Waals surface area contributed by atoms with Crippen molar-refractivity contribution in [1.82, 2.24) is 0 Å². The number of hydrogen-bond acceptors (Lipinski definition) is 6. The molecular weight excluding hydrogens is 733 g/mol. The van der Waals surface area contributed by atoms with Gasteiger partial charge in [-0.2, -0.15) is 0 Å². The molecule has 0 fully saturated rings. The lowest BCUT2D eigenvalue weighted by Crippen LogP contribution is -2.30. The van der Waals surface area contributed by atoms with Gasteiger partial charge in [0.2, 0.25) is 0 Å². The van der Waals surface area contributed by atoms with Gasteiger partial charge in [-0.1, -0.05) is 204 Å². The molecule has 0 N–H and O–H groups in total. The molecule has 0 saturated carbocycles. The molecule has 0 aliphatic rings. The molecule has 1 atom stereocenters. The largest absolute Gasteiger partial charge is 0.462 e. The summed E-state index contributed by atoms with van der Waals surface area (Å²) in [6.07, 6.45) is 57.7. The SMILES string of the molecule is CC/C=C\C/C=C\C/C=C\C/C=C\CCCCCCCCC(=O)OCC(COC(=O)CCCCCCCCCCCCC)OC(=O)CCCCCCC/C=C\CCCC. The molecule has 0 rings (SSSR count). The quantitative estimate of drug-likeness (QED) is 0.0263. The standard InChI is InChI=1S/C53H92O6/c1-4-7-10-13-16-19-22-23-24-25-26-27-28-29-32-34-37-40-43-46-52(55)58-49-50(59-53(56)47-44-41-38-35-31-21-18-15-12-9-6-3)48-57-51(54)45-42-39-36-33-30-20-17-14-11-8-5-2/h7,10,15-16,18-19,23-24,26-27,50H,4-6,8-9,11-14,17,20-22,25,28-49H2,1-3H3/b10-7-,18-15-,19-16-,24-23-,27-26-. The summed E-state index contributed by atoms with van der Waals surface area (Å²) in [6.45, 7) is 6.46. The molecule has 0 aromatic rings. The third-order valence-electron chi connectivity index (χ3n) is 10.5. The lowest BCUT2D eigenvalue weighted by atomic mass is 10.1. The monoisotopic (exact) mass is 825 g/mol. The van der Waals surface area contributed by atoms with E-state index in [-0.39, 0.29) is 31.1 Å². The summed E-state index contributed by atoms with van der Waals surface area (Å²) in [6, 6.07) is 0. The maximum atomic E-state index is 12.7. The third kappa shape index (κ3) is 46.0. The zero-order valence-corrected chi connectivity index (χ0v) is 38.8. The van der Waals surface area contributed by atoms with Gasteiger partial charge in [-0.05, 0) is 77.0 Å². The number of carbonyl (C=O) groups excluding carboxylic acids is 3. The molecule has 0 spiro atoms. The lowest BCUT2D eigenvalue weighted by molar-refractivity contribution is -0.167. The Morgan fingerprint density at radius 2 is 0.678 bits per heavy atom. The molecule has 0 bridgehead atoms. The number of carbonyl (C=O) groups is 3. The predicted octanol–water partition coefficient (Wildman–Crippen LogP) is 16.1. The first-order valence-corrected chi connectivity index (χ1v) is 24.8. The van der Waals surface area contributed by atoms with Crippen molar-refractivity contribution in [2.45, 2.75) is 245 Å². The molecule has 6 heteroatoms. The number of allylic oxidation sites excluding steroid dienone is 10. The fraction of sp³-hybridized carbons (Fsp3) is 0.755. The van der Waals surface area contributed by atoms with Crippen molar-refractivity contribution in [1.29, 1.82) is 0 Å². The fourth-order valence-corrected chi connectivity index (χ4v) is 6.77. The summed E-state index contributed by atoms with van der Waals surface area (Å²) in [7, 11) is 0. The van der Waals surface area contributed by atoms with Crippen molar-refractivity contribution in [3.8, 4) is 0 Å². The maximum absolute atomic E-state index is 12.7. The third-order valence-corrected chi connectivity index (χ3v) is 10.5. The summed E-state index contributed by atoms with van der Waals surface area (Å²) >= 11 is 0. The Labute approximate surface area is 364 Å². The molecule has 6 nitrogen and oxygen atoms in total. The van der Waals surface area contributed by atoms with Crippen LogP contribution in [0.5, 0.6) is 0 Å². The van der Waals surface area contributed by atoms with E-state index in [0.29, 0.717) is 19.3 Å². The van der Waals surface area contributed by atoms with E-state index >= 15 is 0 Å². The fourth-order valence-electron chi connectivity index (χ4n) is 6.77. The zero-order chi connectivity index (χ0) is 43.0. The second kappa shape index (κ2) is 47.8. The Morgan fingerprint density at radius 3 is 1.10 bits per heavy atom. The smallest absolute Gasteiger partial charge is 0.306 e. The summed E-state index contributed by atoms with van der Waals surface area (Å²) in [5.74, 6) is -0.904. The number of hydrogen-bond donors (Lipinski definition) is 0. The van der Waals surface area contributed by atoms with Crippen LogP contribution in [-0.4, -0.2) is 37.2 Å². The second-order valence-corrected chi connectivity index (χ2v) is 16.3. The second-order valence-electron chi connectivity index (χ2n) is 16.3. The topological polar surface area (TPSA) is 78.9 Å². The van der Waals surface area contributed by atoms with Crippen molar-refractivity contribution in [2.75, 3.05) is 13.2 Å². The highest BCUT2D eigenvalue weighted by Gasteiger charge is 2.19. The van der Waals surface area contributed by atoms with Gasteiger partial charge in [0.25, 0.3) is 0 Å². The molecule has 59 heavy (non-hydrogen) atoms. The number of unbranched alkanes of at least 4 members (excludes halogenated alkanes) is 23. The first kappa shape index (κ1) is 56.1. The van der Waals surface area contributed by atoms with Crippen LogP contribution in [0.3, 0.4) is 0 Å². The highest BCUT2D eigenvalue weighted by atomic mass is 16.6. The average molecular weight is 825 g/mol. The lowest BCUT2D eigenvalue weighted by Gasteiger charge is -2.18. The van der Waals surface area contributed by atoms with Crippen molar-refractivity contribution >= 4 is 17.9 Å². The highest BCUT2D eigenvalue weighted by molar-refractivity contribution is 5.71. The number of rotatable bonds is 44. The van der Waals surface area contributed by atoms with Crippen LogP contribution in [0, 0.1) is 0 Å². The van der Waals surface area contributed by atoms with E-state index < -0.39 is 6.10 Å². The van der Waals surface area contributed by atoms with E-state index in [0.717, 1.165) is 103 Å². The average Bonchev–Trinajstić information content (AvgIpc) is 3.23. The van der Waals surface area contributed by atoms with E-state index in [1.807, 2.05) is 0 Å². The molecule has 340 valence electrons. The predicted molar refractivity (Wildman–Crippen MR) is 251 cm³/mol. The molecule has 1 unspecified atom stereocenters. The first-order chi connectivity index (χ1) is 29.0. The van der Waals surface area contributed by atoms with Gasteiger partial charge in [0.15, 0.2) is 6.10 Å². The minimum atomic E-state index is -0.780. The Morgan fingerprint density at radius 1 is 0.356 bits per heavy atom. The Balaban J connectivity index is 4.35. The van der Waals surface area contributed by atoms with Gasteiger partial charge in [-0.15, -0.1) is 0 Å². The van der Waals surface area contributed by atoms with Gasteiger partial charge in [0.1, 0.15) is 13.2 Å². The molecular formula is C53H92O6. The van der Waals surface area contributed by atoms with Gasteiger partial charge in [-0.25, -0.2) is 0 Å². The summed E-state index contributed by atoms with van der Waals surface area (Å²) in [5.41, 5.74) is 0. The Bertz CT molecular complexity index is 1090. The zero-order valence-electron chi connectivity index (χ0n) is 38.8. The van der Waals surface area contributed by atoms with Gasteiger partial charge in [-0.3, -0.25) is 14.4 Å². The number of esters is 3. The molecule has 0 aromatic heterocycles. The molecule has 0 aliphatic heterocycles.